The van der Waals surface area contributed by atoms with Gasteiger partial charge in [0, 0.05) is 19.1 Å². The highest BCUT2D eigenvalue weighted by atomic mass is 15.4. The van der Waals surface area contributed by atoms with Gasteiger partial charge < -0.3 is 10.6 Å². The molecule has 0 atom stereocenters. The molecular weight excluding hydrogens is 224 g/mol. The first-order valence-electron chi connectivity index (χ1n) is 7.28. The van der Waals surface area contributed by atoms with Crippen LogP contribution in [0.2, 0.25) is 0 Å². The molecule has 18 heavy (non-hydrogen) atoms. The van der Waals surface area contributed by atoms with Crippen LogP contribution in [0.25, 0.3) is 0 Å². The van der Waals surface area contributed by atoms with Gasteiger partial charge in [-0.05, 0) is 32.6 Å². The summed E-state index contributed by atoms with van der Waals surface area (Å²) in [6, 6.07) is 0.700. The van der Waals surface area contributed by atoms with Crippen molar-refractivity contribution in [2.45, 2.75) is 65.5 Å². The Hall–Kier alpha value is -1.19. The smallest absolute Gasteiger partial charge is 0.150 e. The lowest BCUT2D eigenvalue weighted by Crippen LogP contribution is -2.30. The molecule has 1 aliphatic carbocycles. The molecule has 0 spiro atoms. The Labute approximate surface area is 110 Å². The van der Waals surface area contributed by atoms with Gasteiger partial charge in [0.15, 0.2) is 5.82 Å². The Kier molecular flexibility index (Phi) is 4.15. The second-order valence-corrected chi connectivity index (χ2v) is 5.32. The van der Waals surface area contributed by atoms with Crippen molar-refractivity contribution < 1.29 is 0 Å². The van der Waals surface area contributed by atoms with Crippen molar-refractivity contribution in [2.75, 3.05) is 17.2 Å². The van der Waals surface area contributed by atoms with Crippen LogP contribution in [0.5, 0.6) is 0 Å². The van der Waals surface area contributed by atoms with Gasteiger partial charge in [-0.1, -0.05) is 20.3 Å². The number of hydrogen-bond acceptors (Lipinski definition) is 3. The van der Waals surface area contributed by atoms with E-state index in [0.717, 1.165) is 30.9 Å². The van der Waals surface area contributed by atoms with Crippen LogP contribution in [0.3, 0.4) is 0 Å². The Morgan fingerprint density at radius 1 is 1.33 bits per heavy atom. The van der Waals surface area contributed by atoms with E-state index in [9.17, 15) is 0 Å². The van der Waals surface area contributed by atoms with E-state index in [1.165, 1.54) is 31.5 Å². The van der Waals surface area contributed by atoms with E-state index in [0.29, 0.717) is 6.04 Å². The third kappa shape index (κ3) is 2.62. The summed E-state index contributed by atoms with van der Waals surface area (Å²) in [5, 5.41) is 4.59. The number of nitrogens with zero attached hydrogens (tertiary/aromatic N) is 3. The third-order valence-electron chi connectivity index (χ3n) is 3.59. The van der Waals surface area contributed by atoms with Gasteiger partial charge in [0.05, 0.1) is 11.4 Å². The van der Waals surface area contributed by atoms with Crippen LogP contribution in [-0.4, -0.2) is 22.4 Å². The molecule has 4 heteroatoms. The summed E-state index contributed by atoms with van der Waals surface area (Å²) in [4.78, 5) is 2.49. The summed E-state index contributed by atoms with van der Waals surface area (Å²) < 4.78 is 2.11. The summed E-state index contributed by atoms with van der Waals surface area (Å²) in [6.07, 6.45) is 6.16. The van der Waals surface area contributed by atoms with Crippen LogP contribution in [0.1, 0.15) is 51.6 Å². The Bertz CT molecular complexity index is 393. The zero-order valence-electron chi connectivity index (χ0n) is 11.9. The first-order valence-corrected chi connectivity index (χ1v) is 7.28. The Morgan fingerprint density at radius 3 is 2.61 bits per heavy atom. The molecule has 1 heterocycles. The molecule has 102 valence electrons. The Balaban J connectivity index is 2.26. The van der Waals surface area contributed by atoms with Crippen molar-refractivity contribution in [2.24, 2.45) is 0 Å². The predicted octanol–water partition coefficient (Wildman–Crippen LogP) is 2.95. The molecule has 2 N–H and O–H groups in total. The van der Waals surface area contributed by atoms with Gasteiger partial charge in [-0.2, -0.15) is 5.10 Å². The zero-order valence-corrected chi connectivity index (χ0v) is 11.9. The number of unbranched alkanes of at least 4 members (excludes halogenated alkanes) is 1. The molecule has 0 amide bonds. The van der Waals surface area contributed by atoms with E-state index < -0.39 is 0 Å². The summed E-state index contributed by atoms with van der Waals surface area (Å²) in [6.45, 7) is 8.51. The van der Waals surface area contributed by atoms with E-state index in [-0.39, 0.29) is 0 Å². The van der Waals surface area contributed by atoms with Gasteiger partial charge in [0.1, 0.15) is 0 Å². The summed E-state index contributed by atoms with van der Waals surface area (Å²) in [5.41, 5.74) is 8.10. The second kappa shape index (κ2) is 5.63. The molecule has 0 bridgehead atoms. The predicted molar refractivity (Wildman–Crippen MR) is 76.9 cm³/mol. The molecule has 4 nitrogen and oxygen atoms in total. The van der Waals surface area contributed by atoms with Crippen molar-refractivity contribution >= 4 is 11.5 Å². The number of aryl methyl sites for hydroxylation is 2. The number of hydrogen-bond donors (Lipinski definition) is 1. The minimum absolute atomic E-state index is 0.700. The monoisotopic (exact) mass is 250 g/mol. The van der Waals surface area contributed by atoms with Gasteiger partial charge in [0.25, 0.3) is 0 Å². The van der Waals surface area contributed by atoms with Crippen molar-refractivity contribution in [1.29, 1.82) is 0 Å². The van der Waals surface area contributed by atoms with Crippen molar-refractivity contribution in [3.05, 3.63) is 5.69 Å². The highest BCUT2D eigenvalue weighted by Crippen LogP contribution is 2.36. The number of nitrogens with two attached hydrogens (primary N) is 1. The second-order valence-electron chi connectivity index (χ2n) is 5.32. The quantitative estimate of drug-likeness (QED) is 0.809. The molecule has 2 rings (SSSR count). The molecular formula is C14H26N4. The Morgan fingerprint density at radius 2 is 2.06 bits per heavy atom. The van der Waals surface area contributed by atoms with E-state index >= 15 is 0 Å². The fourth-order valence-electron chi connectivity index (χ4n) is 2.43. The molecule has 1 aromatic rings. The highest BCUT2D eigenvalue weighted by Gasteiger charge is 2.32. The van der Waals surface area contributed by atoms with E-state index in [2.05, 4.69) is 28.5 Å². The zero-order chi connectivity index (χ0) is 13.1. The van der Waals surface area contributed by atoms with Crippen LogP contribution >= 0.6 is 0 Å². The molecule has 0 saturated heterocycles. The fourth-order valence-corrected chi connectivity index (χ4v) is 2.43. The molecule has 1 aromatic heterocycles. The van der Waals surface area contributed by atoms with Crippen LogP contribution in [0.4, 0.5) is 11.5 Å². The standard InChI is InChI=1S/C14H26N4/c1-4-6-10-17(12-7-8-12)14-13(15)11(3)16-18(14)9-5-2/h12H,4-10,15H2,1-3H3. The minimum Gasteiger partial charge on any atom is -0.394 e. The van der Waals surface area contributed by atoms with Crippen molar-refractivity contribution in [3.63, 3.8) is 0 Å². The molecule has 0 aliphatic heterocycles. The van der Waals surface area contributed by atoms with E-state index in [1.54, 1.807) is 0 Å². The number of anilines is 2. The van der Waals surface area contributed by atoms with Crippen LogP contribution < -0.4 is 10.6 Å². The normalized spacial score (nSPS) is 15.1. The lowest BCUT2D eigenvalue weighted by atomic mass is 10.3. The van der Waals surface area contributed by atoms with Gasteiger partial charge in [0.2, 0.25) is 0 Å². The molecule has 0 unspecified atom stereocenters. The summed E-state index contributed by atoms with van der Waals surface area (Å²) in [5.74, 6) is 1.17. The molecule has 0 radical (unpaired) electrons. The number of nitrogen functional groups attached to an aromatic ring is 1. The minimum atomic E-state index is 0.700. The van der Waals surface area contributed by atoms with Crippen LogP contribution in [0.15, 0.2) is 0 Å². The number of rotatable bonds is 7. The maximum atomic E-state index is 6.25. The topological polar surface area (TPSA) is 47.1 Å². The average Bonchev–Trinajstić information content (AvgIpc) is 3.13. The lowest BCUT2D eigenvalue weighted by molar-refractivity contribution is 0.577. The third-order valence-corrected chi connectivity index (χ3v) is 3.59. The maximum Gasteiger partial charge on any atom is 0.150 e. The summed E-state index contributed by atoms with van der Waals surface area (Å²) >= 11 is 0. The first-order chi connectivity index (χ1) is 8.69. The lowest BCUT2D eigenvalue weighted by Gasteiger charge is -2.25. The van der Waals surface area contributed by atoms with Crippen molar-refractivity contribution in [3.8, 4) is 0 Å². The van der Waals surface area contributed by atoms with Gasteiger partial charge >= 0.3 is 0 Å². The molecule has 1 fully saturated rings. The van der Waals surface area contributed by atoms with E-state index in [1.807, 2.05) is 6.92 Å². The van der Waals surface area contributed by atoms with Crippen LogP contribution in [-0.2, 0) is 6.54 Å². The summed E-state index contributed by atoms with van der Waals surface area (Å²) in [7, 11) is 0. The van der Waals surface area contributed by atoms with E-state index in [4.69, 9.17) is 5.73 Å². The average molecular weight is 250 g/mol. The SMILES string of the molecule is CCCCN(c1c(N)c(C)nn1CCC)C1CC1. The first kappa shape index (κ1) is 13.2. The molecule has 1 aliphatic rings. The molecule has 0 aromatic carbocycles. The highest BCUT2D eigenvalue weighted by molar-refractivity contribution is 5.67. The maximum absolute atomic E-state index is 6.25. The van der Waals surface area contributed by atoms with Crippen molar-refractivity contribution in [1.82, 2.24) is 9.78 Å². The van der Waals surface area contributed by atoms with Gasteiger partial charge in [-0.25, -0.2) is 4.68 Å². The van der Waals surface area contributed by atoms with Gasteiger partial charge in [-0.3, -0.25) is 0 Å². The van der Waals surface area contributed by atoms with Crippen LogP contribution in [0, 0.1) is 6.92 Å². The van der Waals surface area contributed by atoms with Gasteiger partial charge in [-0.15, -0.1) is 0 Å². The largest absolute Gasteiger partial charge is 0.394 e. The fraction of sp³-hybridized carbons (Fsp3) is 0.786. The number of aromatic nitrogens is 2. The molecule has 1 saturated carbocycles.